The van der Waals surface area contributed by atoms with Gasteiger partial charge in [0.2, 0.25) is 0 Å². The van der Waals surface area contributed by atoms with Crippen LogP contribution in [0.2, 0.25) is 0 Å². The summed E-state index contributed by atoms with van der Waals surface area (Å²) >= 11 is 0. The van der Waals surface area contributed by atoms with Crippen LogP contribution in [0.4, 0.5) is 5.95 Å². The molecule has 26 heavy (non-hydrogen) atoms. The second-order valence-corrected chi connectivity index (χ2v) is 6.47. The van der Waals surface area contributed by atoms with E-state index in [2.05, 4.69) is 7.05 Å². The van der Waals surface area contributed by atoms with Crippen molar-refractivity contribution in [1.82, 2.24) is 19.4 Å². The molecule has 0 spiro atoms. The Morgan fingerprint density at radius 3 is 1.65 bits per heavy atom. The van der Waals surface area contributed by atoms with E-state index in [0.717, 1.165) is 55.0 Å². The van der Waals surface area contributed by atoms with Gasteiger partial charge in [-0.15, -0.1) is 0 Å². The molecule has 2 heterocycles. The van der Waals surface area contributed by atoms with Gasteiger partial charge in [-0.1, -0.05) is 60.7 Å². The highest BCUT2D eigenvalue weighted by molar-refractivity contribution is 5.62. The summed E-state index contributed by atoms with van der Waals surface area (Å²) in [6.45, 7) is 3.19. The number of hydrogen-bond donors (Lipinski definition) is 0. The molecule has 5 nitrogen and oxygen atoms in total. The number of rotatable bonds is 3. The van der Waals surface area contributed by atoms with E-state index in [0.29, 0.717) is 4.48 Å². The van der Waals surface area contributed by atoms with Gasteiger partial charge in [0.15, 0.2) is 11.6 Å². The van der Waals surface area contributed by atoms with Gasteiger partial charge in [-0.25, -0.2) is 4.98 Å². The molecule has 0 N–H and O–H groups in total. The molecular weight excluding hydrogens is 348 g/mol. The minimum absolute atomic E-state index is 0. The lowest BCUT2D eigenvalue weighted by atomic mass is 10.2. The van der Waals surface area contributed by atoms with E-state index in [1.165, 1.54) is 0 Å². The zero-order valence-electron chi connectivity index (χ0n) is 14.7. The van der Waals surface area contributed by atoms with Crippen LogP contribution in [0, 0.1) is 0 Å². The van der Waals surface area contributed by atoms with Crippen LogP contribution in [-0.4, -0.2) is 48.3 Å². The molecule has 0 unspecified atom stereocenters. The normalized spacial score (nSPS) is 15.9. The lowest BCUT2D eigenvalue weighted by Crippen LogP contribution is -3.00. The van der Waals surface area contributed by atoms with Gasteiger partial charge in [0.25, 0.3) is 0 Å². The van der Waals surface area contributed by atoms with Crippen LogP contribution in [-0.2, 0) is 4.74 Å². The maximum absolute atomic E-state index is 5.53. The van der Waals surface area contributed by atoms with Crippen molar-refractivity contribution in [3.8, 4) is 22.8 Å². The van der Waals surface area contributed by atoms with Crippen LogP contribution >= 0.6 is 0 Å². The van der Waals surface area contributed by atoms with Crippen LogP contribution in [0.3, 0.4) is 0 Å². The number of quaternary nitrogens is 1. The van der Waals surface area contributed by atoms with E-state index in [1.54, 1.807) is 0 Å². The molecule has 3 aromatic rings. The van der Waals surface area contributed by atoms with Gasteiger partial charge >= 0.3 is 5.95 Å². The van der Waals surface area contributed by atoms with E-state index in [9.17, 15) is 0 Å². The molecule has 1 fully saturated rings. The molecule has 0 atom stereocenters. The number of nitrogens with zero attached hydrogens (tertiary/aromatic N) is 4. The Morgan fingerprint density at radius 2 is 1.19 bits per heavy atom. The molecule has 2 aromatic carbocycles. The van der Waals surface area contributed by atoms with Crippen LogP contribution in [0.1, 0.15) is 0 Å². The third-order valence-electron chi connectivity index (χ3n) is 4.63. The highest BCUT2D eigenvalue weighted by Gasteiger charge is 2.32. The zero-order chi connectivity index (χ0) is 17.1. The van der Waals surface area contributed by atoms with E-state index in [-0.39, 0.29) is 12.4 Å². The highest BCUT2D eigenvalue weighted by Crippen LogP contribution is 2.26. The molecule has 6 heteroatoms. The first-order valence-electron chi connectivity index (χ1n) is 8.54. The van der Waals surface area contributed by atoms with Crippen molar-refractivity contribution in [2.75, 3.05) is 33.4 Å². The van der Waals surface area contributed by atoms with Gasteiger partial charge in [0.05, 0.1) is 20.3 Å². The molecule has 0 radical (unpaired) electrons. The third-order valence-corrected chi connectivity index (χ3v) is 4.63. The van der Waals surface area contributed by atoms with Gasteiger partial charge < -0.3 is 17.1 Å². The summed E-state index contributed by atoms with van der Waals surface area (Å²) in [6.07, 6.45) is 0. The Morgan fingerprint density at radius 1 is 0.731 bits per heavy atom. The average Bonchev–Trinajstić information content (AvgIpc) is 2.70. The molecule has 134 valence electrons. The predicted octanol–water partition coefficient (Wildman–Crippen LogP) is 0.177. The first-order valence-corrected chi connectivity index (χ1v) is 8.54. The summed E-state index contributed by atoms with van der Waals surface area (Å²) in [4.78, 5) is 14.4. The minimum atomic E-state index is 0. The molecule has 0 amide bonds. The first kappa shape index (κ1) is 18.5. The topological polar surface area (TPSA) is 47.9 Å². The number of morpholine rings is 1. The summed E-state index contributed by atoms with van der Waals surface area (Å²) in [6, 6.07) is 20.2. The van der Waals surface area contributed by atoms with Gasteiger partial charge in [-0.3, -0.25) is 4.48 Å². The highest BCUT2D eigenvalue weighted by atomic mass is 35.5. The third kappa shape index (κ3) is 3.75. The molecular formula is C20H21ClN4O. The fraction of sp³-hybridized carbons (Fsp3) is 0.250. The molecule has 0 bridgehead atoms. The van der Waals surface area contributed by atoms with Gasteiger partial charge in [0, 0.05) is 11.1 Å². The van der Waals surface area contributed by atoms with Crippen molar-refractivity contribution < 1.29 is 17.1 Å². The number of likely N-dealkylation sites (N-methyl/N-ethyl adjacent to an activating group) is 1. The average molecular weight is 369 g/mol. The standard InChI is InChI=1S/C20H21N4O.ClH/c1-24(12-14-25-15-13-24)20-22-18(16-8-4-2-5-9-16)21-19(23-20)17-10-6-3-7-11-17;/h2-11H,12-15H2,1H3;1H/q+1;/p-1. The van der Waals surface area contributed by atoms with Crippen molar-refractivity contribution in [3.63, 3.8) is 0 Å². The van der Waals surface area contributed by atoms with E-state index in [4.69, 9.17) is 19.7 Å². The van der Waals surface area contributed by atoms with Crippen LogP contribution in [0.15, 0.2) is 60.7 Å². The fourth-order valence-electron chi connectivity index (χ4n) is 2.98. The number of hydrogen-bond acceptors (Lipinski definition) is 4. The van der Waals surface area contributed by atoms with Crippen LogP contribution in [0.25, 0.3) is 22.8 Å². The van der Waals surface area contributed by atoms with Gasteiger partial charge in [-0.2, -0.15) is 9.97 Å². The van der Waals surface area contributed by atoms with E-state index >= 15 is 0 Å². The number of aromatic nitrogens is 3. The van der Waals surface area contributed by atoms with Crippen molar-refractivity contribution in [2.45, 2.75) is 0 Å². The molecule has 1 aliphatic heterocycles. The summed E-state index contributed by atoms with van der Waals surface area (Å²) in [5.74, 6) is 2.24. The van der Waals surface area contributed by atoms with Crippen LogP contribution < -0.4 is 16.9 Å². The number of halogens is 1. The van der Waals surface area contributed by atoms with Crippen molar-refractivity contribution in [3.05, 3.63) is 60.7 Å². The Bertz CT molecular complexity index is 794. The summed E-state index contributed by atoms with van der Waals surface area (Å²) in [5, 5.41) is 0. The fourth-order valence-corrected chi connectivity index (χ4v) is 2.98. The van der Waals surface area contributed by atoms with Gasteiger partial charge in [0.1, 0.15) is 13.1 Å². The molecule has 1 saturated heterocycles. The van der Waals surface area contributed by atoms with E-state index < -0.39 is 0 Å². The molecule has 0 aliphatic carbocycles. The van der Waals surface area contributed by atoms with Gasteiger partial charge in [-0.05, 0) is 0 Å². The number of ether oxygens (including phenoxy) is 1. The Kier molecular flexibility index (Phi) is 5.61. The smallest absolute Gasteiger partial charge is 0.332 e. The predicted molar refractivity (Wildman–Crippen MR) is 99.0 cm³/mol. The van der Waals surface area contributed by atoms with Crippen LogP contribution in [0.5, 0.6) is 0 Å². The maximum atomic E-state index is 5.53. The number of benzene rings is 2. The summed E-state index contributed by atoms with van der Waals surface area (Å²) < 4.78 is 6.20. The molecule has 1 aliphatic rings. The SMILES string of the molecule is C[N+]1(c2nc(-c3ccccc3)nc(-c3ccccc3)n2)CCOCC1.[Cl-]. The molecule has 0 saturated carbocycles. The van der Waals surface area contributed by atoms with Crippen molar-refractivity contribution in [2.24, 2.45) is 0 Å². The summed E-state index contributed by atoms with van der Waals surface area (Å²) in [5.41, 5.74) is 2.01. The van der Waals surface area contributed by atoms with Crippen molar-refractivity contribution in [1.29, 1.82) is 0 Å². The Labute approximate surface area is 159 Å². The summed E-state index contributed by atoms with van der Waals surface area (Å²) in [7, 11) is 2.17. The minimum Gasteiger partial charge on any atom is -1.00 e. The second kappa shape index (κ2) is 7.91. The zero-order valence-corrected chi connectivity index (χ0v) is 15.4. The quantitative estimate of drug-likeness (QED) is 0.619. The molecule has 4 rings (SSSR count). The Balaban J connectivity index is 0.00000196. The molecule has 1 aromatic heterocycles. The maximum Gasteiger partial charge on any atom is 0.332 e. The van der Waals surface area contributed by atoms with E-state index in [1.807, 2.05) is 60.7 Å². The monoisotopic (exact) mass is 368 g/mol. The Hall–Kier alpha value is -2.34. The lowest BCUT2D eigenvalue weighted by Gasteiger charge is -2.34. The lowest BCUT2D eigenvalue weighted by molar-refractivity contribution is -0.00000713. The second-order valence-electron chi connectivity index (χ2n) is 6.47. The largest absolute Gasteiger partial charge is 1.00 e. The first-order chi connectivity index (χ1) is 12.2. The van der Waals surface area contributed by atoms with Crippen molar-refractivity contribution >= 4 is 5.95 Å².